The quantitative estimate of drug-likeness (QED) is 0.493. The second-order valence-electron chi connectivity index (χ2n) is 3.83. The molecule has 16 heavy (non-hydrogen) atoms. The van der Waals surface area contributed by atoms with Crippen LogP contribution in [0.5, 0.6) is 5.75 Å². The first-order valence-electron chi connectivity index (χ1n) is 5.69. The van der Waals surface area contributed by atoms with Crippen molar-refractivity contribution in [3.63, 3.8) is 0 Å². The molecule has 0 aromatic heterocycles. The van der Waals surface area contributed by atoms with E-state index in [0.29, 0.717) is 6.61 Å². The maximum absolute atomic E-state index is 5.54. The molecule has 2 nitrogen and oxygen atoms in total. The highest BCUT2D eigenvalue weighted by molar-refractivity contribution is 5.20. The zero-order chi connectivity index (χ0) is 11.6. The van der Waals surface area contributed by atoms with Crippen molar-refractivity contribution in [3.05, 3.63) is 42.5 Å². The molecule has 0 N–H and O–H groups in total. The summed E-state index contributed by atoms with van der Waals surface area (Å²) in [5, 5.41) is 0. The summed E-state index contributed by atoms with van der Waals surface area (Å²) >= 11 is 0. The standard InChI is InChI=1S/C14H20O2/c1-13(2)9-12-15-10-6-11-16-14-7-4-3-5-8-14/h3-5,7-8H,1,6,9-12H2,2H3. The first kappa shape index (κ1) is 12.8. The van der Waals surface area contributed by atoms with E-state index < -0.39 is 0 Å². The third kappa shape index (κ3) is 6.25. The normalized spacial score (nSPS) is 10.1. The predicted molar refractivity (Wildman–Crippen MR) is 66.8 cm³/mol. The van der Waals surface area contributed by atoms with Crippen LogP contribution in [0.25, 0.3) is 0 Å². The van der Waals surface area contributed by atoms with E-state index in [4.69, 9.17) is 9.47 Å². The van der Waals surface area contributed by atoms with Crippen molar-refractivity contribution in [1.29, 1.82) is 0 Å². The molecule has 0 heterocycles. The molecule has 2 heteroatoms. The molecule has 0 fully saturated rings. The summed E-state index contributed by atoms with van der Waals surface area (Å²) in [4.78, 5) is 0. The Morgan fingerprint density at radius 2 is 1.88 bits per heavy atom. The van der Waals surface area contributed by atoms with Gasteiger partial charge in [-0.2, -0.15) is 0 Å². The fourth-order valence-corrected chi connectivity index (χ4v) is 1.22. The second-order valence-corrected chi connectivity index (χ2v) is 3.83. The maximum atomic E-state index is 5.54. The lowest BCUT2D eigenvalue weighted by molar-refractivity contribution is 0.122. The van der Waals surface area contributed by atoms with E-state index in [1.54, 1.807) is 0 Å². The van der Waals surface area contributed by atoms with Gasteiger partial charge in [-0.25, -0.2) is 0 Å². The molecule has 0 amide bonds. The minimum atomic E-state index is 0.705. The van der Waals surface area contributed by atoms with Gasteiger partial charge in [-0.3, -0.25) is 0 Å². The highest BCUT2D eigenvalue weighted by Gasteiger charge is 1.93. The fraction of sp³-hybridized carbons (Fsp3) is 0.429. The minimum Gasteiger partial charge on any atom is -0.494 e. The van der Waals surface area contributed by atoms with Crippen LogP contribution in [0.3, 0.4) is 0 Å². The van der Waals surface area contributed by atoms with E-state index in [2.05, 4.69) is 6.58 Å². The Hall–Kier alpha value is -1.28. The van der Waals surface area contributed by atoms with Gasteiger partial charge in [0.25, 0.3) is 0 Å². The van der Waals surface area contributed by atoms with Crippen molar-refractivity contribution in [3.8, 4) is 5.75 Å². The van der Waals surface area contributed by atoms with Gasteiger partial charge in [-0.15, -0.1) is 6.58 Å². The molecule has 0 atom stereocenters. The van der Waals surface area contributed by atoms with Gasteiger partial charge in [0.2, 0.25) is 0 Å². The zero-order valence-corrected chi connectivity index (χ0v) is 9.95. The van der Waals surface area contributed by atoms with Crippen LogP contribution in [0, 0.1) is 0 Å². The lowest BCUT2D eigenvalue weighted by Crippen LogP contribution is -2.04. The Morgan fingerprint density at radius 1 is 1.12 bits per heavy atom. The number of hydrogen-bond acceptors (Lipinski definition) is 2. The van der Waals surface area contributed by atoms with Gasteiger partial charge < -0.3 is 9.47 Å². The molecule has 0 aliphatic heterocycles. The summed E-state index contributed by atoms with van der Waals surface area (Å²) in [5.41, 5.74) is 1.17. The van der Waals surface area contributed by atoms with E-state index in [1.807, 2.05) is 37.3 Å². The number of ether oxygens (including phenoxy) is 2. The van der Waals surface area contributed by atoms with Gasteiger partial charge in [-0.05, 0) is 25.5 Å². The van der Waals surface area contributed by atoms with Crippen LogP contribution in [-0.4, -0.2) is 19.8 Å². The van der Waals surface area contributed by atoms with Crippen LogP contribution in [0.2, 0.25) is 0 Å². The zero-order valence-electron chi connectivity index (χ0n) is 9.95. The maximum Gasteiger partial charge on any atom is 0.119 e. The average Bonchev–Trinajstić information content (AvgIpc) is 2.29. The van der Waals surface area contributed by atoms with E-state index in [-0.39, 0.29) is 0 Å². The number of para-hydroxylation sites is 1. The van der Waals surface area contributed by atoms with Crippen molar-refractivity contribution in [1.82, 2.24) is 0 Å². The van der Waals surface area contributed by atoms with Crippen molar-refractivity contribution in [2.75, 3.05) is 19.8 Å². The number of rotatable bonds is 8. The Kier molecular flexibility index (Phi) is 6.35. The van der Waals surface area contributed by atoms with Crippen molar-refractivity contribution >= 4 is 0 Å². The van der Waals surface area contributed by atoms with Crippen LogP contribution < -0.4 is 4.74 Å². The Morgan fingerprint density at radius 3 is 2.56 bits per heavy atom. The molecule has 0 aliphatic carbocycles. The van der Waals surface area contributed by atoms with E-state index in [9.17, 15) is 0 Å². The lowest BCUT2D eigenvalue weighted by atomic mass is 10.3. The molecule has 1 rings (SSSR count). The van der Waals surface area contributed by atoms with Crippen LogP contribution in [0.1, 0.15) is 19.8 Å². The van der Waals surface area contributed by atoms with Gasteiger partial charge >= 0.3 is 0 Å². The molecule has 0 unspecified atom stereocenters. The monoisotopic (exact) mass is 220 g/mol. The second kappa shape index (κ2) is 7.94. The molecule has 1 aromatic carbocycles. The van der Waals surface area contributed by atoms with E-state index in [1.165, 1.54) is 5.57 Å². The summed E-state index contributed by atoms with van der Waals surface area (Å²) in [6.45, 7) is 8.06. The summed E-state index contributed by atoms with van der Waals surface area (Å²) < 4.78 is 11.0. The molecule has 0 saturated carbocycles. The largest absolute Gasteiger partial charge is 0.494 e. The first-order chi connectivity index (χ1) is 7.79. The summed E-state index contributed by atoms with van der Waals surface area (Å²) in [6, 6.07) is 9.84. The molecule has 0 radical (unpaired) electrons. The lowest BCUT2D eigenvalue weighted by Gasteiger charge is -2.06. The summed E-state index contributed by atoms with van der Waals surface area (Å²) in [6.07, 6.45) is 1.87. The minimum absolute atomic E-state index is 0.705. The van der Waals surface area contributed by atoms with Crippen molar-refractivity contribution in [2.45, 2.75) is 19.8 Å². The molecule has 0 aliphatic rings. The van der Waals surface area contributed by atoms with Crippen molar-refractivity contribution < 1.29 is 9.47 Å². The fourth-order valence-electron chi connectivity index (χ4n) is 1.22. The summed E-state index contributed by atoms with van der Waals surface area (Å²) in [7, 11) is 0. The highest BCUT2D eigenvalue weighted by atomic mass is 16.5. The third-order valence-electron chi connectivity index (χ3n) is 2.12. The topological polar surface area (TPSA) is 18.5 Å². The molecule has 0 bridgehead atoms. The number of benzene rings is 1. The Balaban J connectivity index is 1.94. The first-order valence-corrected chi connectivity index (χ1v) is 5.69. The highest BCUT2D eigenvalue weighted by Crippen LogP contribution is 2.08. The molecule has 88 valence electrons. The molecule has 0 spiro atoms. The Bertz CT molecular complexity index is 293. The van der Waals surface area contributed by atoms with Crippen LogP contribution in [-0.2, 0) is 4.74 Å². The molecular weight excluding hydrogens is 200 g/mol. The Labute approximate surface area is 97.9 Å². The molecule has 1 aromatic rings. The predicted octanol–water partition coefficient (Wildman–Crippen LogP) is 3.44. The van der Waals surface area contributed by atoms with Gasteiger partial charge in [0.1, 0.15) is 5.75 Å². The van der Waals surface area contributed by atoms with Crippen molar-refractivity contribution in [2.24, 2.45) is 0 Å². The van der Waals surface area contributed by atoms with Gasteiger partial charge in [0.05, 0.1) is 13.2 Å². The number of hydrogen-bond donors (Lipinski definition) is 0. The molecule has 0 saturated heterocycles. The van der Waals surface area contributed by atoms with E-state index >= 15 is 0 Å². The SMILES string of the molecule is C=C(C)CCOCCCOc1ccccc1. The van der Waals surface area contributed by atoms with Gasteiger partial charge in [-0.1, -0.05) is 23.8 Å². The van der Waals surface area contributed by atoms with E-state index in [0.717, 1.165) is 31.8 Å². The summed E-state index contributed by atoms with van der Waals surface area (Å²) in [5.74, 6) is 0.921. The average molecular weight is 220 g/mol. The van der Waals surface area contributed by atoms with Gasteiger partial charge in [0.15, 0.2) is 0 Å². The van der Waals surface area contributed by atoms with Crippen LogP contribution in [0.4, 0.5) is 0 Å². The van der Waals surface area contributed by atoms with Gasteiger partial charge in [0, 0.05) is 13.0 Å². The van der Waals surface area contributed by atoms with Crippen LogP contribution >= 0.6 is 0 Å². The van der Waals surface area contributed by atoms with Crippen LogP contribution in [0.15, 0.2) is 42.5 Å². The third-order valence-corrected chi connectivity index (χ3v) is 2.12. The smallest absolute Gasteiger partial charge is 0.119 e. The molecular formula is C14H20O2.